The molecule has 0 aromatic carbocycles. The highest BCUT2D eigenvalue weighted by Gasteiger charge is 2.21. The van der Waals surface area contributed by atoms with E-state index in [4.69, 9.17) is 15.1 Å². The Bertz CT molecular complexity index is 1040. The molecule has 156 valence electrons. The van der Waals surface area contributed by atoms with Crippen LogP contribution >= 0.6 is 12.4 Å². The number of hydrogen-bond donors (Lipinski definition) is 3. The fourth-order valence-corrected chi connectivity index (χ4v) is 2.58. The third kappa shape index (κ3) is 4.95. The summed E-state index contributed by atoms with van der Waals surface area (Å²) in [6, 6.07) is 1.80. The lowest BCUT2D eigenvalue weighted by Gasteiger charge is -2.08. The number of pyridine rings is 1. The number of fused-ring (bicyclic) bond motifs is 1. The third-order valence-electron chi connectivity index (χ3n) is 3.84. The highest BCUT2D eigenvalue weighted by Crippen LogP contribution is 2.29. The molecule has 0 saturated heterocycles. The molecule has 10 nitrogen and oxygen atoms in total. The largest absolute Gasteiger partial charge is 0.476 e. The van der Waals surface area contributed by atoms with Crippen LogP contribution in [0.15, 0.2) is 10.7 Å². The van der Waals surface area contributed by atoms with Crippen molar-refractivity contribution in [1.29, 1.82) is 0 Å². The molecule has 11 heteroatoms. The fraction of sp³-hybridized carbons (Fsp3) is 0.444. The smallest absolute Gasteiger partial charge is 0.216 e. The number of halogens is 1. The van der Waals surface area contributed by atoms with Gasteiger partial charge in [0, 0.05) is 19.2 Å². The van der Waals surface area contributed by atoms with Crippen LogP contribution in [0.2, 0.25) is 0 Å². The number of aryl methyl sites for hydroxylation is 1. The van der Waals surface area contributed by atoms with Crippen LogP contribution in [0, 0.1) is 11.8 Å². The second-order valence-corrected chi connectivity index (χ2v) is 6.62. The second-order valence-electron chi connectivity index (χ2n) is 6.62. The number of aliphatic hydroxyl groups is 1. The number of nitrogens with one attached hydrogen (secondary N) is 1. The lowest BCUT2D eigenvalue weighted by molar-refractivity contribution is 0.143. The monoisotopic (exact) mass is 421 g/mol. The molecule has 3 heterocycles. The molecule has 0 atom stereocenters. The minimum Gasteiger partial charge on any atom is -0.476 e. The highest BCUT2D eigenvalue weighted by atomic mass is 35.5. The van der Waals surface area contributed by atoms with E-state index in [-0.39, 0.29) is 18.2 Å². The molecule has 0 bridgehead atoms. The third-order valence-corrected chi connectivity index (χ3v) is 3.84. The van der Waals surface area contributed by atoms with Gasteiger partial charge in [-0.25, -0.2) is 14.6 Å². The Balaban J connectivity index is 0.00000300. The second kappa shape index (κ2) is 9.09. The van der Waals surface area contributed by atoms with Gasteiger partial charge in [-0.2, -0.15) is 0 Å². The molecular weight excluding hydrogens is 398 g/mol. The van der Waals surface area contributed by atoms with Gasteiger partial charge in [0.2, 0.25) is 5.88 Å². The van der Waals surface area contributed by atoms with E-state index in [1.807, 2.05) is 18.5 Å². The molecule has 0 radical (unpaired) electrons. The van der Waals surface area contributed by atoms with Gasteiger partial charge in [-0.1, -0.05) is 5.92 Å². The molecule has 0 spiro atoms. The first-order valence-electron chi connectivity index (χ1n) is 8.86. The number of imidazole rings is 1. The molecule has 0 aliphatic carbocycles. The quantitative estimate of drug-likeness (QED) is 0.396. The number of rotatable bonds is 6. The lowest BCUT2D eigenvalue weighted by Crippen LogP contribution is -2.16. The van der Waals surface area contributed by atoms with Crippen molar-refractivity contribution in [2.75, 3.05) is 25.9 Å². The van der Waals surface area contributed by atoms with E-state index >= 15 is 0 Å². The maximum absolute atomic E-state index is 9.97. The summed E-state index contributed by atoms with van der Waals surface area (Å²) in [6.07, 6.45) is 0. The molecule has 0 amide bonds. The summed E-state index contributed by atoms with van der Waals surface area (Å²) in [5.74, 6) is 6.74. The van der Waals surface area contributed by atoms with Crippen molar-refractivity contribution in [3.63, 3.8) is 0 Å². The van der Waals surface area contributed by atoms with Crippen LogP contribution in [0.5, 0.6) is 5.88 Å². The van der Waals surface area contributed by atoms with Gasteiger partial charge in [-0.05, 0) is 44.1 Å². The van der Waals surface area contributed by atoms with Crippen molar-refractivity contribution < 1.29 is 14.5 Å². The number of ether oxygens (including phenoxy) is 1. The maximum Gasteiger partial charge on any atom is 0.216 e. The Labute approximate surface area is 174 Å². The first-order valence-corrected chi connectivity index (χ1v) is 8.86. The zero-order valence-electron chi connectivity index (χ0n) is 16.7. The van der Waals surface area contributed by atoms with E-state index < -0.39 is 5.60 Å². The first-order chi connectivity index (χ1) is 13.3. The zero-order chi connectivity index (χ0) is 20.3. The van der Waals surface area contributed by atoms with Crippen LogP contribution in [0.4, 0.5) is 5.82 Å². The minimum atomic E-state index is -1.17. The van der Waals surface area contributed by atoms with Crippen molar-refractivity contribution in [3.05, 3.63) is 11.8 Å². The number of aromatic nitrogens is 5. The number of nitrogens with zero attached hydrogens (tertiary/aromatic N) is 5. The van der Waals surface area contributed by atoms with Gasteiger partial charge in [0.15, 0.2) is 17.3 Å². The summed E-state index contributed by atoms with van der Waals surface area (Å²) >= 11 is 0. The van der Waals surface area contributed by atoms with Crippen molar-refractivity contribution >= 4 is 29.3 Å². The molecule has 0 unspecified atom stereocenters. The molecule has 4 N–H and O–H groups in total. The normalized spacial score (nSPS) is 11.1. The number of nitrogens with two attached hydrogens (primary N) is 1. The van der Waals surface area contributed by atoms with Crippen molar-refractivity contribution in [1.82, 2.24) is 30.2 Å². The topological polar surface area (TPSA) is 137 Å². The van der Waals surface area contributed by atoms with Crippen LogP contribution in [-0.4, -0.2) is 55.8 Å². The Morgan fingerprint density at radius 2 is 2.10 bits per heavy atom. The summed E-state index contributed by atoms with van der Waals surface area (Å²) < 4.78 is 12.4. The molecule has 0 aliphatic rings. The van der Waals surface area contributed by atoms with Gasteiger partial charge < -0.3 is 25.5 Å². The predicted molar refractivity (Wildman–Crippen MR) is 111 cm³/mol. The maximum atomic E-state index is 9.97. The average Bonchev–Trinajstić information content (AvgIpc) is 3.22. The molecule has 0 aliphatic heterocycles. The predicted octanol–water partition coefficient (Wildman–Crippen LogP) is 1.23. The van der Waals surface area contributed by atoms with E-state index in [0.29, 0.717) is 48.3 Å². The summed E-state index contributed by atoms with van der Waals surface area (Å²) in [5.41, 5.74) is 6.73. The van der Waals surface area contributed by atoms with Gasteiger partial charge >= 0.3 is 0 Å². The molecule has 3 aromatic heterocycles. The van der Waals surface area contributed by atoms with Crippen molar-refractivity contribution in [3.8, 4) is 29.2 Å². The standard InChI is InChI=1S/C18H23N7O3.ClH/c1-5-25-12-10-13(27-9-8-20-4)21-11(6-7-18(2,3)26)14(12)22-17(25)15-16(19)24-28-23-15;/h10,20,26H,5,8-9H2,1-4H3,(H2,19,24);1H. The van der Waals surface area contributed by atoms with Gasteiger partial charge in [0.25, 0.3) is 0 Å². The fourth-order valence-electron chi connectivity index (χ4n) is 2.58. The van der Waals surface area contributed by atoms with Crippen LogP contribution in [-0.2, 0) is 6.54 Å². The van der Waals surface area contributed by atoms with Gasteiger partial charge in [-0.15, -0.1) is 12.4 Å². The summed E-state index contributed by atoms with van der Waals surface area (Å²) in [5, 5.41) is 20.5. The molecule has 29 heavy (non-hydrogen) atoms. The van der Waals surface area contributed by atoms with E-state index in [0.717, 1.165) is 5.52 Å². The van der Waals surface area contributed by atoms with E-state index in [1.54, 1.807) is 19.9 Å². The van der Waals surface area contributed by atoms with Crippen LogP contribution in [0.1, 0.15) is 26.5 Å². The van der Waals surface area contributed by atoms with Crippen LogP contribution in [0.3, 0.4) is 0 Å². The first kappa shape index (κ1) is 22.4. The Morgan fingerprint density at radius 3 is 2.69 bits per heavy atom. The van der Waals surface area contributed by atoms with E-state index in [1.165, 1.54) is 0 Å². The van der Waals surface area contributed by atoms with Crippen LogP contribution in [0.25, 0.3) is 22.6 Å². The lowest BCUT2D eigenvalue weighted by atomic mass is 10.1. The number of likely N-dealkylation sites (N-methyl/N-ethyl adjacent to an activating group) is 1. The molecule has 3 rings (SSSR count). The van der Waals surface area contributed by atoms with E-state index in [2.05, 4.69) is 37.4 Å². The molecule has 0 fully saturated rings. The Morgan fingerprint density at radius 1 is 1.34 bits per heavy atom. The summed E-state index contributed by atoms with van der Waals surface area (Å²) in [4.78, 5) is 9.10. The Kier molecular flexibility index (Phi) is 7.02. The molecule has 0 saturated carbocycles. The van der Waals surface area contributed by atoms with Gasteiger partial charge in [0.1, 0.15) is 23.4 Å². The minimum absolute atomic E-state index is 0. The number of anilines is 1. The number of nitrogen functional groups attached to an aromatic ring is 1. The van der Waals surface area contributed by atoms with Gasteiger partial charge in [-0.3, -0.25) is 0 Å². The van der Waals surface area contributed by atoms with E-state index in [9.17, 15) is 5.11 Å². The van der Waals surface area contributed by atoms with Gasteiger partial charge in [0.05, 0.1) is 5.52 Å². The summed E-state index contributed by atoms with van der Waals surface area (Å²) in [7, 11) is 1.84. The number of hydrogen-bond acceptors (Lipinski definition) is 9. The van der Waals surface area contributed by atoms with Crippen molar-refractivity contribution in [2.24, 2.45) is 0 Å². The Hall–Kier alpha value is -2.87. The highest BCUT2D eigenvalue weighted by molar-refractivity contribution is 5.86. The molecule has 3 aromatic rings. The SMILES string of the molecule is CCn1c(-c2nonc2N)nc2c(C#CC(C)(C)O)nc(OCCNC)cc21.Cl. The average molecular weight is 422 g/mol. The van der Waals surface area contributed by atoms with Crippen molar-refractivity contribution in [2.45, 2.75) is 32.9 Å². The zero-order valence-corrected chi connectivity index (χ0v) is 17.5. The summed E-state index contributed by atoms with van der Waals surface area (Å²) in [6.45, 7) is 6.88. The molecular formula is C18H24ClN7O3. The van der Waals surface area contributed by atoms with Crippen LogP contribution < -0.4 is 15.8 Å².